The number of anilines is 1. The summed E-state index contributed by atoms with van der Waals surface area (Å²) in [6.45, 7) is 4.09. The van der Waals surface area contributed by atoms with Gasteiger partial charge in [-0.05, 0) is 90.4 Å². The number of hydrogen-bond acceptors (Lipinski definition) is 5. The molecule has 180 valence electrons. The Bertz CT molecular complexity index is 1620. The Morgan fingerprint density at radius 1 is 1.00 bits per heavy atom. The van der Waals surface area contributed by atoms with Gasteiger partial charge in [-0.2, -0.15) is 0 Å². The van der Waals surface area contributed by atoms with Gasteiger partial charge in [0.05, 0.1) is 12.8 Å². The van der Waals surface area contributed by atoms with E-state index >= 15 is 0 Å². The molecule has 0 aliphatic rings. The average molecular weight is 560 g/mol. The van der Waals surface area contributed by atoms with Gasteiger partial charge in [0.2, 0.25) is 5.89 Å². The lowest BCUT2D eigenvalue weighted by Crippen LogP contribution is -2.34. The average Bonchev–Trinajstić information content (AvgIpc) is 3.26. The number of hydrogen-bond donors (Lipinski definition) is 2. The van der Waals surface area contributed by atoms with Gasteiger partial charge in [0, 0.05) is 15.6 Å². The minimum Gasteiger partial charge on any atom is -0.495 e. The fourth-order valence-corrected chi connectivity index (χ4v) is 4.74. The summed E-state index contributed by atoms with van der Waals surface area (Å²) >= 11 is 9.00. The van der Waals surface area contributed by atoms with E-state index in [0.717, 1.165) is 43.0 Å². The Hall–Kier alpha value is -3.75. The predicted molar refractivity (Wildman–Crippen MR) is 151 cm³/mol. The highest BCUT2D eigenvalue weighted by molar-refractivity contribution is 9.10. The summed E-state index contributed by atoms with van der Waals surface area (Å²) in [5, 5.41) is 7.77. The van der Waals surface area contributed by atoms with Crippen LogP contribution in [0.2, 0.25) is 0 Å². The van der Waals surface area contributed by atoms with E-state index in [2.05, 4.69) is 31.5 Å². The van der Waals surface area contributed by atoms with Gasteiger partial charge < -0.3 is 14.5 Å². The van der Waals surface area contributed by atoms with Crippen LogP contribution in [0.15, 0.2) is 75.6 Å². The Balaban J connectivity index is 1.40. The second-order valence-electron chi connectivity index (χ2n) is 8.39. The fourth-order valence-electron chi connectivity index (χ4n) is 4.04. The zero-order valence-electron chi connectivity index (χ0n) is 19.8. The van der Waals surface area contributed by atoms with Gasteiger partial charge in [-0.3, -0.25) is 10.1 Å². The van der Waals surface area contributed by atoms with Crippen molar-refractivity contribution < 1.29 is 13.9 Å². The van der Waals surface area contributed by atoms with Crippen LogP contribution < -0.4 is 15.4 Å². The SMILES string of the molecule is COc1ccc(-c2nc3cc(C)c(C)cc3o2)cc1NC(=S)NC(=O)c1cccc2c(Br)cccc12. The number of carbonyl (C=O) groups excluding carboxylic acids is 1. The van der Waals surface area contributed by atoms with Gasteiger partial charge in [-0.1, -0.05) is 40.2 Å². The molecule has 0 atom stereocenters. The number of halogens is 1. The van der Waals surface area contributed by atoms with E-state index < -0.39 is 0 Å². The number of nitrogens with zero attached hydrogens (tertiary/aromatic N) is 1. The third-order valence-electron chi connectivity index (χ3n) is 6.04. The van der Waals surface area contributed by atoms with Crippen molar-refractivity contribution >= 4 is 66.7 Å². The molecule has 0 saturated heterocycles. The molecule has 1 amide bonds. The maximum atomic E-state index is 13.1. The molecule has 0 saturated carbocycles. The quantitative estimate of drug-likeness (QED) is 0.227. The summed E-state index contributed by atoms with van der Waals surface area (Å²) in [5.41, 5.74) is 5.66. The molecule has 2 N–H and O–H groups in total. The first-order chi connectivity index (χ1) is 17.3. The Labute approximate surface area is 221 Å². The number of fused-ring (bicyclic) bond motifs is 2. The minimum atomic E-state index is -0.309. The van der Waals surface area contributed by atoms with Crippen molar-refractivity contribution in [1.29, 1.82) is 0 Å². The maximum absolute atomic E-state index is 13.1. The number of aryl methyl sites for hydroxylation is 2. The molecule has 0 aliphatic heterocycles. The molecule has 0 bridgehead atoms. The van der Waals surface area contributed by atoms with E-state index in [0.29, 0.717) is 22.9 Å². The van der Waals surface area contributed by atoms with Crippen LogP contribution in [-0.4, -0.2) is 23.1 Å². The van der Waals surface area contributed by atoms with Crippen molar-refractivity contribution in [3.8, 4) is 17.2 Å². The molecule has 1 heterocycles. The van der Waals surface area contributed by atoms with E-state index in [1.54, 1.807) is 19.2 Å². The molecule has 36 heavy (non-hydrogen) atoms. The van der Waals surface area contributed by atoms with Crippen LogP contribution >= 0.6 is 28.1 Å². The summed E-state index contributed by atoms with van der Waals surface area (Å²) in [6, 6.07) is 20.8. The van der Waals surface area contributed by atoms with Crippen LogP contribution in [0.1, 0.15) is 21.5 Å². The Morgan fingerprint density at radius 2 is 1.75 bits per heavy atom. The number of aromatic nitrogens is 1. The van der Waals surface area contributed by atoms with Crippen molar-refractivity contribution in [1.82, 2.24) is 10.3 Å². The van der Waals surface area contributed by atoms with E-state index in [4.69, 9.17) is 21.4 Å². The summed E-state index contributed by atoms with van der Waals surface area (Å²) < 4.78 is 12.4. The largest absolute Gasteiger partial charge is 0.495 e. The third-order valence-corrected chi connectivity index (χ3v) is 6.93. The fraction of sp³-hybridized carbons (Fsp3) is 0.107. The monoisotopic (exact) mass is 559 g/mol. The van der Waals surface area contributed by atoms with Crippen molar-refractivity contribution in [2.75, 3.05) is 12.4 Å². The molecule has 0 spiro atoms. The van der Waals surface area contributed by atoms with Crippen molar-refractivity contribution in [3.63, 3.8) is 0 Å². The Morgan fingerprint density at radius 3 is 2.56 bits per heavy atom. The molecule has 8 heteroatoms. The van der Waals surface area contributed by atoms with Gasteiger partial charge in [-0.25, -0.2) is 4.98 Å². The second-order valence-corrected chi connectivity index (χ2v) is 9.65. The molecular formula is C28H22BrN3O3S. The number of benzene rings is 4. The molecule has 0 fully saturated rings. The molecule has 0 aliphatic carbocycles. The zero-order valence-corrected chi connectivity index (χ0v) is 22.2. The lowest BCUT2D eigenvalue weighted by Gasteiger charge is -2.14. The maximum Gasteiger partial charge on any atom is 0.258 e. The van der Waals surface area contributed by atoms with Crippen LogP contribution in [0.25, 0.3) is 33.3 Å². The number of rotatable bonds is 4. The van der Waals surface area contributed by atoms with Gasteiger partial charge in [0.25, 0.3) is 5.91 Å². The Kier molecular flexibility index (Phi) is 6.47. The summed E-state index contributed by atoms with van der Waals surface area (Å²) in [4.78, 5) is 17.7. The molecule has 1 aromatic heterocycles. The topological polar surface area (TPSA) is 76.4 Å². The molecular weight excluding hydrogens is 538 g/mol. The van der Waals surface area contributed by atoms with Crippen LogP contribution in [0.4, 0.5) is 5.69 Å². The minimum absolute atomic E-state index is 0.145. The van der Waals surface area contributed by atoms with Crippen LogP contribution in [0.3, 0.4) is 0 Å². The van der Waals surface area contributed by atoms with Gasteiger partial charge >= 0.3 is 0 Å². The highest BCUT2D eigenvalue weighted by atomic mass is 79.9. The van der Waals surface area contributed by atoms with Crippen LogP contribution in [0.5, 0.6) is 5.75 Å². The molecule has 4 aromatic carbocycles. The number of nitrogens with one attached hydrogen (secondary N) is 2. The van der Waals surface area contributed by atoms with Gasteiger partial charge in [-0.15, -0.1) is 0 Å². The summed E-state index contributed by atoms with van der Waals surface area (Å²) in [5.74, 6) is 0.736. The van der Waals surface area contributed by atoms with Gasteiger partial charge in [0.15, 0.2) is 10.7 Å². The summed E-state index contributed by atoms with van der Waals surface area (Å²) in [6.07, 6.45) is 0. The highest BCUT2D eigenvalue weighted by Crippen LogP contribution is 2.33. The van der Waals surface area contributed by atoms with Gasteiger partial charge in [0.1, 0.15) is 11.3 Å². The van der Waals surface area contributed by atoms with Crippen molar-refractivity contribution in [2.45, 2.75) is 13.8 Å². The standard InChI is InChI=1S/C28H22BrN3O3S/c1-15-12-22-25(13-16(15)2)35-27(30-22)17-10-11-24(34-3)23(14-17)31-28(36)32-26(33)20-8-4-7-19-18(20)6-5-9-21(19)29/h4-14H,1-3H3,(H2,31,32,33,36). The van der Waals surface area contributed by atoms with Crippen LogP contribution in [-0.2, 0) is 0 Å². The number of amides is 1. The third kappa shape index (κ3) is 4.57. The normalized spacial score (nSPS) is 11.0. The molecule has 5 aromatic rings. The molecule has 6 nitrogen and oxygen atoms in total. The zero-order chi connectivity index (χ0) is 25.4. The number of ether oxygens (including phenoxy) is 1. The molecule has 5 rings (SSSR count). The van der Waals surface area contributed by atoms with Crippen molar-refractivity contribution in [2.24, 2.45) is 0 Å². The molecule has 0 unspecified atom stereocenters. The first-order valence-electron chi connectivity index (χ1n) is 11.2. The first kappa shape index (κ1) is 24.0. The van der Waals surface area contributed by atoms with Crippen LogP contribution in [0, 0.1) is 13.8 Å². The first-order valence-corrected chi connectivity index (χ1v) is 12.4. The number of methoxy groups -OCH3 is 1. The van der Waals surface area contributed by atoms with Crippen molar-refractivity contribution in [3.05, 3.63) is 87.9 Å². The predicted octanol–water partition coefficient (Wildman–Crippen LogP) is 7.16. The second kappa shape index (κ2) is 9.72. The number of carbonyl (C=O) groups is 1. The van der Waals surface area contributed by atoms with E-state index in [1.165, 1.54) is 0 Å². The number of thiocarbonyl (C=S) groups is 1. The lowest BCUT2D eigenvalue weighted by atomic mass is 10.0. The lowest BCUT2D eigenvalue weighted by molar-refractivity contribution is 0.0979. The highest BCUT2D eigenvalue weighted by Gasteiger charge is 2.16. The number of oxazole rings is 1. The van der Waals surface area contributed by atoms with E-state index in [9.17, 15) is 4.79 Å². The molecule has 0 radical (unpaired) electrons. The smallest absolute Gasteiger partial charge is 0.258 e. The van der Waals surface area contributed by atoms with E-state index in [1.807, 2.05) is 68.4 Å². The summed E-state index contributed by atoms with van der Waals surface area (Å²) in [7, 11) is 1.57. The van der Waals surface area contributed by atoms with E-state index in [-0.39, 0.29) is 11.0 Å².